The lowest BCUT2D eigenvalue weighted by Crippen LogP contribution is -2.62. The largest absolute Gasteiger partial charge is 0.457 e. The van der Waals surface area contributed by atoms with Gasteiger partial charge in [-0.2, -0.15) is 0 Å². The van der Waals surface area contributed by atoms with Crippen molar-refractivity contribution in [1.29, 1.82) is 0 Å². The fourth-order valence-corrected chi connectivity index (χ4v) is 6.72. The van der Waals surface area contributed by atoms with Crippen LogP contribution in [0.4, 0.5) is 0 Å². The van der Waals surface area contributed by atoms with Crippen LogP contribution in [0.2, 0.25) is 0 Å². The Kier molecular flexibility index (Phi) is 6.12. The van der Waals surface area contributed by atoms with E-state index in [1.165, 1.54) is 12.3 Å². The molecule has 3 aliphatic rings. The maximum atomic E-state index is 13.1. The summed E-state index contributed by atoms with van der Waals surface area (Å²) in [5.74, 6) is 0.00229. The number of benzene rings is 1. The molecule has 2 bridgehead atoms. The van der Waals surface area contributed by atoms with Crippen molar-refractivity contribution in [2.24, 2.45) is 23.7 Å². The van der Waals surface area contributed by atoms with Gasteiger partial charge in [0.2, 0.25) is 5.76 Å². The number of esters is 2. The third kappa shape index (κ3) is 4.02. The molecule has 2 aromatic rings. The summed E-state index contributed by atoms with van der Waals surface area (Å²) in [5.41, 5.74) is -0.447. The van der Waals surface area contributed by atoms with Crippen LogP contribution >= 0.6 is 0 Å². The number of hydrogen-bond acceptors (Lipinski definition) is 6. The third-order valence-electron chi connectivity index (χ3n) is 8.58. The first-order valence-corrected chi connectivity index (χ1v) is 12.6. The molecule has 186 valence electrons. The number of carbonyl (C=O) groups excluding carboxylic acids is 2. The summed E-state index contributed by atoms with van der Waals surface area (Å²) in [6, 6.07) is 13.0. The number of rotatable bonds is 6. The number of carbonyl (C=O) groups is 2. The molecule has 0 radical (unpaired) electrons. The Morgan fingerprint density at radius 1 is 1.09 bits per heavy atom. The van der Waals surface area contributed by atoms with Crippen molar-refractivity contribution in [2.75, 3.05) is 0 Å². The van der Waals surface area contributed by atoms with Crippen LogP contribution in [0, 0.1) is 23.7 Å². The molecule has 2 saturated heterocycles. The van der Waals surface area contributed by atoms with Gasteiger partial charge in [-0.15, -0.1) is 0 Å². The molecule has 1 aromatic heterocycles. The van der Waals surface area contributed by atoms with E-state index in [-0.39, 0.29) is 29.5 Å². The lowest BCUT2D eigenvalue weighted by molar-refractivity contribution is -0.263. The molecule has 1 aliphatic carbocycles. The van der Waals surface area contributed by atoms with Crippen LogP contribution in [-0.4, -0.2) is 35.3 Å². The summed E-state index contributed by atoms with van der Waals surface area (Å²) in [6.07, 6.45) is 6.31. The average Bonchev–Trinajstić information content (AvgIpc) is 3.56. The normalized spacial score (nSPS) is 35.9. The summed E-state index contributed by atoms with van der Waals surface area (Å²) in [6.45, 7) is 8.49. The second kappa shape index (κ2) is 8.98. The Hall–Kier alpha value is -2.86. The van der Waals surface area contributed by atoms with Gasteiger partial charge in [-0.3, -0.25) is 0 Å². The minimum Gasteiger partial charge on any atom is -0.457 e. The molecule has 7 atom stereocenters. The Bertz CT molecular complexity index is 1090. The van der Waals surface area contributed by atoms with E-state index in [0.29, 0.717) is 12.3 Å². The molecule has 3 fully saturated rings. The van der Waals surface area contributed by atoms with Crippen LogP contribution in [0.3, 0.4) is 0 Å². The molecule has 2 aliphatic heterocycles. The van der Waals surface area contributed by atoms with Crippen molar-refractivity contribution in [3.63, 3.8) is 0 Å². The minimum atomic E-state index is -0.737. The van der Waals surface area contributed by atoms with E-state index < -0.39 is 29.4 Å². The van der Waals surface area contributed by atoms with Gasteiger partial charge in [0.1, 0.15) is 23.4 Å². The van der Waals surface area contributed by atoms with E-state index in [1.807, 2.05) is 30.3 Å². The topological polar surface area (TPSA) is 75.0 Å². The SMILES string of the molecule is CC(C)[C@@]12C[C@@H](OC(=O)c3ccco3)C(C)(O1)[C@@H]1CC[C@@H](C)[C@H]1[C@@H]2OC(=O)/C=C/c1ccccc1. The summed E-state index contributed by atoms with van der Waals surface area (Å²) in [7, 11) is 0. The summed E-state index contributed by atoms with van der Waals surface area (Å²) in [4.78, 5) is 25.9. The van der Waals surface area contributed by atoms with Crippen molar-refractivity contribution >= 4 is 18.0 Å². The van der Waals surface area contributed by atoms with E-state index in [1.54, 1.807) is 18.2 Å². The quantitative estimate of drug-likeness (QED) is 0.393. The zero-order valence-electron chi connectivity index (χ0n) is 20.8. The van der Waals surface area contributed by atoms with Crippen LogP contribution in [0.5, 0.6) is 0 Å². The van der Waals surface area contributed by atoms with Gasteiger partial charge in [-0.1, -0.05) is 51.1 Å². The van der Waals surface area contributed by atoms with Gasteiger partial charge < -0.3 is 18.6 Å². The molecule has 6 heteroatoms. The Balaban J connectivity index is 1.45. The number of fused-ring (bicyclic) bond motifs is 4. The van der Waals surface area contributed by atoms with Crippen LogP contribution in [-0.2, 0) is 19.0 Å². The first kappa shape index (κ1) is 23.9. The highest BCUT2D eigenvalue weighted by Gasteiger charge is 2.72. The van der Waals surface area contributed by atoms with Gasteiger partial charge >= 0.3 is 11.9 Å². The van der Waals surface area contributed by atoms with Gasteiger partial charge in [0.05, 0.1) is 6.26 Å². The average molecular weight is 479 g/mol. The highest BCUT2D eigenvalue weighted by molar-refractivity contribution is 5.87. The predicted octanol–water partition coefficient (Wildman–Crippen LogP) is 5.68. The Labute approximate surface area is 206 Å². The highest BCUT2D eigenvalue weighted by Crippen LogP contribution is 2.63. The number of ether oxygens (including phenoxy) is 3. The molecule has 1 aromatic carbocycles. The van der Waals surface area contributed by atoms with E-state index in [0.717, 1.165) is 18.4 Å². The number of hydrogen-bond donors (Lipinski definition) is 0. The first-order valence-electron chi connectivity index (χ1n) is 12.6. The van der Waals surface area contributed by atoms with Gasteiger partial charge in [-0.05, 0) is 61.3 Å². The van der Waals surface area contributed by atoms with Crippen molar-refractivity contribution < 1.29 is 28.2 Å². The molecule has 0 amide bonds. The molecule has 5 rings (SSSR count). The van der Waals surface area contributed by atoms with E-state index in [4.69, 9.17) is 18.6 Å². The van der Waals surface area contributed by atoms with Gasteiger partial charge in [0.25, 0.3) is 0 Å². The van der Waals surface area contributed by atoms with Crippen molar-refractivity contribution in [3.8, 4) is 0 Å². The highest BCUT2D eigenvalue weighted by atomic mass is 16.6. The van der Waals surface area contributed by atoms with Crippen molar-refractivity contribution in [2.45, 2.75) is 70.4 Å². The van der Waals surface area contributed by atoms with E-state index in [9.17, 15) is 9.59 Å². The predicted molar refractivity (Wildman–Crippen MR) is 130 cm³/mol. The summed E-state index contributed by atoms with van der Waals surface area (Å²) in [5, 5.41) is 0. The van der Waals surface area contributed by atoms with Crippen LogP contribution in [0.25, 0.3) is 6.08 Å². The molecule has 6 nitrogen and oxygen atoms in total. The zero-order valence-corrected chi connectivity index (χ0v) is 20.8. The van der Waals surface area contributed by atoms with Crippen molar-refractivity contribution in [3.05, 3.63) is 66.1 Å². The van der Waals surface area contributed by atoms with E-state index in [2.05, 4.69) is 27.7 Å². The molecule has 1 saturated carbocycles. The molecule has 35 heavy (non-hydrogen) atoms. The minimum absolute atomic E-state index is 0.0544. The monoisotopic (exact) mass is 478 g/mol. The lowest BCUT2D eigenvalue weighted by Gasteiger charge is -2.52. The maximum absolute atomic E-state index is 13.1. The Morgan fingerprint density at radius 2 is 1.86 bits per heavy atom. The molecular formula is C29H34O6. The van der Waals surface area contributed by atoms with Crippen LogP contribution in [0.15, 0.2) is 59.2 Å². The second-order valence-electron chi connectivity index (χ2n) is 10.8. The zero-order chi connectivity index (χ0) is 24.8. The lowest BCUT2D eigenvalue weighted by atomic mass is 9.69. The Morgan fingerprint density at radius 3 is 2.54 bits per heavy atom. The van der Waals surface area contributed by atoms with E-state index >= 15 is 0 Å². The first-order chi connectivity index (χ1) is 16.7. The smallest absolute Gasteiger partial charge is 0.374 e. The molecular weight excluding hydrogens is 444 g/mol. The standard InChI is InChI=1S/C29H34O6/c1-18(2)29-17-23(33-27(31)22-11-8-16-32-22)28(4,35-29)21-14-12-19(3)25(21)26(29)34-24(30)15-13-20-9-6-5-7-10-20/h5-11,13,15-16,18-19,21,23,25-26H,12,14,17H2,1-4H3/b15-13+/t19-,21-,23-,25-,26+,28?,29-/m1/s1. The fraction of sp³-hybridized carbons (Fsp3) is 0.517. The molecule has 3 heterocycles. The van der Waals surface area contributed by atoms with Crippen molar-refractivity contribution in [1.82, 2.24) is 0 Å². The van der Waals surface area contributed by atoms with Crippen LogP contribution < -0.4 is 0 Å². The molecule has 1 unspecified atom stereocenters. The second-order valence-corrected chi connectivity index (χ2v) is 10.8. The van der Waals surface area contributed by atoms with Gasteiger partial charge in [-0.25, -0.2) is 9.59 Å². The third-order valence-corrected chi connectivity index (χ3v) is 8.58. The molecule has 0 N–H and O–H groups in total. The van der Waals surface area contributed by atoms with Gasteiger partial charge in [0, 0.05) is 18.4 Å². The summed E-state index contributed by atoms with van der Waals surface area (Å²) < 4.78 is 24.5. The fourth-order valence-electron chi connectivity index (χ4n) is 6.72. The number of furan rings is 1. The van der Waals surface area contributed by atoms with Gasteiger partial charge in [0.15, 0.2) is 0 Å². The summed E-state index contributed by atoms with van der Waals surface area (Å²) >= 11 is 0. The molecule has 0 spiro atoms. The maximum Gasteiger partial charge on any atom is 0.374 e. The van der Waals surface area contributed by atoms with Crippen LogP contribution in [0.1, 0.15) is 63.1 Å².